The number of aryl methyl sites for hydroxylation is 1. The number of nitrogens with one attached hydrogen (secondary N) is 2. The summed E-state index contributed by atoms with van der Waals surface area (Å²) in [5.74, 6) is -1.70. The van der Waals surface area contributed by atoms with Gasteiger partial charge in [-0.3, -0.25) is 14.4 Å². The Morgan fingerprint density at radius 2 is 2.04 bits per heavy atom. The van der Waals surface area contributed by atoms with Crippen LogP contribution in [0.2, 0.25) is 0 Å². The molecule has 0 bridgehead atoms. The predicted octanol–water partition coefficient (Wildman–Crippen LogP) is 3.33. The highest BCUT2D eigenvalue weighted by Gasteiger charge is 2.31. The summed E-state index contributed by atoms with van der Waals surface area (Å²) in [6, 6.07) is 9.42. The average Bonchev–Trinajstić information content (AvgIpc) is 3.06. The number of nitrogens with zero attached hydrogens (tertiary/aromatic N) is 1. The molecular weight excluding hydrogens is 361 g/mol. The summed E-state index contributed by atoms with van der Waals surface area (Å²) in [5.41, 5.74) is 3.24. The SMILES string of the molecule is Cc1cc(NC(=O)C2CC(=O)Nc3cc(F)ccc32)ccc1N1CCCC1=O. The van der Waals surface area contributed by atoms with Gasteiger partial charge in [-0.15, -0.1) is 0 Å². The molecule has 1 atom stereocenters. The topological polar surface area (TPSA) is 78.5 Å². The lowest BCUT2D eigenvalue weighted by atomic mass is 9.89. The van der Waals surface area contributed by atoms with Gasteiger partial charge in [-0.2, -0.15) is 0 Å². The summed E-state index contributed by atoms with van der Waals surface area (Å²) < 4.78 is 13.5. The smallest absolute Gasteiger partial charge is 0.232 e. The molecule has 7 heteroatoms. The highest BCUT2D eigenvalue weighted by Crippen LogP contribution is 2.34. The fraction of sp³-hybridized carbons (Fsp3) is 0.286. The number of benzene rings is 2. The molecule has 0 spiro atoms. The summed E-state index contributed by atoms with van der Waals surface area (Å²) in [6.45, 7) is 2.60. The van der Waals surface area contributed by atoms with E-state index in [0.29, 0.717) is 29.9 Å². The molecular formula is C21H20FN3O3. The van der Waals surface area contributed by atoms with Crippen molar-refractivity contribution in [2.24, 2.45) is 0 Å². The highest BCUT2D eigenvalue weighted by molar-refractivity contribution is 6.05. The van der Waals surface area contributed by atoms with Gasteiger partial charge in [0.05, 0.1) is 5.92 Å². The molecule has 2 heterocycles. The molecule has 2 aromatic rings. The quantitative estimate of drug-likeness (QED) is 0.856. The summed E-state index contributed by atoms with van der Waals surface area (Å²) >= 11 is 0. The first kappa shape index (κ1) is 18.2. The molecule has 0 aliphatic carbocycles. The molecule has 28 heavy (non-hydrogen) atoms. The third-order valence-corrected chi connectivity index (χ3v) is 5.20. The second-order valence-electron chi connectivity index (χ2n) is 7.18. The van der Waals surface area contributed by atoms with Gasteiger partial charge < -0.3 is 15.5 Å². The molecule has 2 aromatic carbocycles. The molecule has 144 valence electrons. The minimum Gasteiger partial charge on any atom is -0.326 e. The number of anilines is 3. The van der Waals surface area contributed by atoms with E-state index in [9.17, 15) is 18.8 Å². The monoisotopic (exact) mass is 381 g/mol. The van der Waals surface area contributed by atoms with E-state index < -0.39 is 11.7 Å². The third kappa shape index (κ3) is 3.35. The standard InChI is InChI=1S/C21H20FN3O3/c1-12-9-14(5-7-18(12)25-8-2-3-20(25)27)23-21(28)16-11-19(26)24-17-10-13(22)4-6-15(16)17/h4-7,9-10,16H,2-3,8,11H2,1H3,(H,23,28)(H,24,26). The van der Waals surface area contributed by atoms with E-state index >= 15 is 0 Å². The van der Waals surface area contributed by atoms with Gasteiger partial charge in [0.1, 0.15) is 5.82 Å². The number of hydrogen-bond donors (Lipinski definition) is 2. The second kappa shape index (κ2) is 7.07. The highest BCUT2D eigenvalue weighted by atomic mass is 19.1. The van der Waals surface area contributed by atoms with Crippen LogP contribution in [0.4, 0.5) is 21.5 Å². The van der Waals surface area contributed by atoms with E-state index in [-0.39, 0.29) is 24.1 Å². The van der Waals surface area contributed by atoms with Gasteiger partial charge in [0.15, 0.2) is 0 Å². The van der Waals surface area contributed by atoms with Gasteiger partial charge in [-0.1, -0.05) is 6.07 Å². The Morgan fingerprint density at radius 3 is 2.75 bits per heavy atom. The molecule has 2 aliphatic rings. The van der Waals surface area contributed by atoms with Crippen molar-refractivity contribution in [2.75, 3.05) is 22.1 Å². The van der Waals surface area contributed by atoms with Crippen molar-refractivity contribution in [1.82, 2.24) is 0 Å². The number of carbonyl (C=O) groups excluding carboxylic acids is 3. The molecule has 0 radical (unpaired) electrons. The first-order valence-corrected chi connectivity index (χ1v) is 9.23. The van der Waals surface area contributed by atoms with Crippen molar-refractivity contribution >= 4 is 34.8 Å². The fourth-order valence-electron chi connectivity index (χ4n) is 3.84. The maximum atomic E-state index is 13.5. The molecule has 0 saturated carbocycles. The van der Waals surface area contributed by atoms with E-state index in [0.717, 1.165) is 17.7 Å². The normalized spacial score (nSPS) is 18.6. The van der Waals surface area contributed by atoms with Crippen LogP contribution in [0.3, 0.4) is 0 Å². The van der Waals surface area contributed by atoms with Crippen molar-refractivity contribution in [3.63, 3.8) is 0 Å². The average molecular weight is 381 g/mol. The van der Waals surface area contributed by atoms with Crippen molar-refractivity contribution in [3.05, 3.63) is 53.3 Å². The lowest BCUT2D eigenvalue weighted by molar-refractivity contribution is -0.123. The number of fused-ring (bicyclic) bond motifs is 1. The number of amides is 3. The van der Waals surface area contributed by atoms with Crippen LogP contribution in [0.5, 0.6) is 0 Å². The van der Waals surface area contributed by atoms with Gasteiger partial charge in [-0.25, -0.2) is 4.39 Å². The molecule has 0 aromatic heterocycles. The van der Waals surface area contributed by atoms with Crippen LogP contribution in [0.15, 0.2) is 36.4 Å². The van der Waals surface area contributed by atoms with Crippen molar-refractivity contribution < 1.29 is 18.8 Å². The zero-order valence-electron chi connectivity index (χ0n) is 15.4. The number of hydrogen-bond acceptors (Lipinski definition) is 3. The first-order valence-electron chi connectivity index (χ1n) is 9.23. The summed E-state index contributed by atoms with van der Waals surface area (Å²) in [7, 11) is 0. The zero-order valence-corrected chi connectivity index (χ0v) is 15.4. The molecule has 3 amide bonds. The van der Waals surface area contributed by atoms with Gasteiger partial charge in [-0.05, 0) is 54.8 Å². The van der Waals surface area contributed by atoms with Crippen LogP contribution in [-0.2, 0) is 14.4 Å². The minimum absolute atomic E-state index is 0.00378. The van der Waals surface area contributed by atoms with Crippen LogP contribution in [0.25, 0.3) is 0 Å². The second-order valence-corrected chi connectivity index (χ2v) is 7.18. The summed E-state index contributed by atoms with van der Waals surface area (Å²) in [5, 5.41) is 5.45. The van der Waals surface area contributed by atoms with E-state index in [1.54, 1.807) is 11.0 Å². The van der Waals surface area contributed by atoms with Crippen molar-refractivity contribution in [3.8, 4) is 0 Å². The van der Waals surface area contributed by atoms with E-state index in [2.05, 4.69) is 10.6 Å². The Kier molecular flexibility index (Phi) is 4.58. The van der Waals surface area contributed by atoms with Crippen LogP contribution >= 0.6 is 0 Å². The molecule has 4 rings (SSSR count). The van der Waals surface area contributed by atoms with Gasteiger partial charge in [0, 0.05) is 36.4 Å². The zero-order chi connectivity index (χ0) is 19.8. The number of carbonyl (C=O) groups is 3. The molecule has 1 fully saturated rings. The maximum absolute atomic E-state index is 13.5. The molecule has 6 nitrogen and oxygen atoms in total. The largest absolute Gasteiger partial charge is 0.326 e. The lowest BCUT2D eigenvalue weighted by Gasteiger charge is -2.25. The fourth-order valence-corrected chi connectivity index (χ4v) is 3.84. The Hall–Kier alpha value is -3.22. The van der Waals surface area contributed by atoms with E-state index in [1.165, 1.54) is 18.2 Å². The number of halogens is 1. The first-order chi connectivity index (χ1) is 13.4. The summed E-state index contributed by atoms with van der Waals surface area (Å²) in [4.78, 5) is 38.5. The minimum atomic E-state index is -0.690. The Labute approximate surface area is 161 Å². The van der Waals surface area contributed by atoms with Gasteiger partial charge >= 0.3 is 0 Å². The van der Waals surface area contributed by atoms with Gasteiger partial charge in [0.25, 0.3) is 0 Å². The molecule has 2 N–H and O–H groups in total. The van der Waals surface area contributed by atoms with Crippen molar-refractivity contribution in [1.29, 1.82) is 0 Å². The Balaban J connectivity index is 1.55. The van der Waals surface area contributed by atoms with Crippen LogP contribution in [0, 0.1) is 12.7 Å². The van der Waals surface area contributed by atoms with E-state index in [1.807, 2.05) is 19.1 Å². The maximum Gasteiger partial charge on any atom is 0.232 e. The number of rotatable bonds is 3. The third-order valence-electron chi connectivity index (χ3n) is 5.20. The predicted molar refractivity (Wildman–Crippen MR) is 104 cm³/mol. The van der Waals surface area contributed by atoms with Crippen LogP contribution < -0.4 is 15.5 Å². The van der Waals surface area contributed by atoms with Gasteiger partial charge in [0.2, 0.25) is 17.7 Å². The molecule has 1 saturated heterocycles. The molecule has 2 aliphatic heterocycles. The van der Waals surface area contributed by atoms with E-state index in [4.69, 9.17) is 0 Å². The van der Waals surface area contributed by atoms with Crippen LogP contribution in [-0.4, -0.2) is 24.3 Å². The summed E-state index contributed by atoms with van der Waals surface area (Å²) in [6.07, 6.45) is 1.41. The Bertz CT molecular complexity index is 989. The Morgan fingerprint density at radius 1 is 1.21 bits per heavy atom. The van der Waals surface area contributed by atoms with Crippen LogP contribution in [0.1, 0.15) is 36.3 Å². The lowest BCUT2D eigenvalue weighted by Crippen LogP contribution is -2.31. The van der Waals surface area contributed by atoms with Crippen molar-refractivity contribution in [2.45, 2.75) is 32.1 Å². The molecule has 1 unspecified atom stereocenters.